The van der Waals surface area contributed by atoms with Crippen LogP contribution in [0.15, 0.2) is 75.8 Å². The molecule has 162 valence electrons. The third-order valence-electron chi connectivity index (χ3n) is 4.99. The first-order valence-corrected chi connectivity index (χ1v) is 10.4. The second-order valence-electron chi connectivity index (χ2n) is 7.15. The predicted molar refractivity (Wildman–Crippen MR) is 125 cm³/mol. The summed E-state index contributed by atoms with van der Waals surface area (Å²) >= 11 is 3.49. The Labute approximate surface area is 191 Å². The highest BCUT2D eigenvalue weighted by Crippen LogP contribution is 2.38. The van der Waals surface area contributed by atoms with E-state index in [1.54, 1.807) is 19.3 Å². The summed E-state index contributed by atoms with van der Waals surface area (Å²) in [6.07, 6.45) is 3.06. The molecule has 4 aromatic rings. The molecule has 7 heteroatoms. The van der Waals surface area contributed by atoms with Gasteiger partial charge in [-0.2, -0.15) is 0 Å². The van der Waals surface area contributed by atoms with Crippen molar-refractivity contribution in [1.29, 1.82) is 0 Å². The van der Waals surface area contributed by atoms with Gasteiger partial charge in [0.15, 0.2) is 11.6 Å². The van der Waals surface area contributed by atoms with Crippen LogP contribution in [-0.2, 0) is 4.79 Å². The van der Waals surface area contributed by atoms with E-state index in [-0.39, 0.29) is 5.69 Å². The highest BCUT2D eigenvalue weighted by molar-refractivity contribution is 9.10. The van der Waals surface area contributed by atoms with Gasteiger partial charge < -0.3 is 14.5 Å². The minimum Gasteiger partial charge on any atom is -0.496 e. The van der Waals surface area contributed by atoms with Gasteiger partial charge in [-0.3, -0.25) is 4.79 Å². The first kappa shape index (κ1) is 21.8. The molecule has 1 amide bonds. The lowest BCUT2D eigenvalue weighted by atomic mass is 9.99. The van der Waals surface area contributed by atoms with Gasteiger partial charge in [-0.1, -0.05) is 28.1 Å². The van der Waals surface area contributed by atoms with Crippen molar-refractivity contribution in [2.24, 2.45) is 0 Å². The maximum absolute atomic E-state index is 13.4. The average Bonchev–Trinajstić information content (AvgIpc) is 3.18. The standard InChI is InChI=1S/C25H18BrF2NO3/c1-14(8-25(30)29-17-6-7-21(27)22(28)10-17)18-11-19-20(15-4-3-5-16(26)9-15)13-32-24(19)12-23(18)31-2/h3-13H,1-2H3,(H,29,30)/b14-8+. The monoisotopic (exact) mass is 497 g/mol. The zero-order valence-electron chi connectivity index (χ0n) is 17.2. The number of methoxy groups -OCH3 is 1. The fraction of sp³-hybridized carbons (Fsp3) is 0.0800. The van der Waals surface area contributed by atoms with Crippen LogP contribution < -0.4 is 10.1 Å². The lowest BCUT2D eigenvalue weighted by Gasteiger charge is -2.10. The van der Waals surface area contributed by atoms with Gasteiger partial charge in [-0.15, -0.1) is 0 Å². The number of hydrogen-bond donors (Lipinski definition) is 1. The van der Waals surface area contributed by atoms with Crippen molar-refractivity contribution in [3.05, 3.63) is 88.6 Å². The van der Waals surface area contributed by atoms with E-state index in [4.69, 9.17) is 9.15 Å². The van der Waals surface area contributed by atoms with Crippen LogP contribution in [0, 0.1) is 11.6 Å². The lowest BCUT2D eigenvalue weighted by molar-refractivity contribution is -0.111. The summed E-state index contributed by atoms with van der Waals surface area (Å²) < 4.78 is 38.7. The van der Waals surface area contributed by atoms with Crippen LogP contribution in [0.2, 0.25) is 0 Å². The van der Waals surface area contributed by atoms with Crippen LogP contribution in [0.1, 0.15) is 12.5 Å². The van der Waals surface area contributed by atoms with Crippen LogP contribution in [0.3, 0.4) is 0 Å². The number of fused-ring (bicyclic) bond motifs is 1. The molecule has 3 aromatic carbocycles. The van der Waals surface area contributed by atoms with Crippen LogP contribution in [0.5, 0.6) is 5.75 Å². The lowest BCUT2D eigenvalue weighted by Crippen LogP contribution is -2.09. The molecule has 0 unspecified atom stereocenters. The van der Waals surface area contributed by atoms with Crippen LogP contribution in [-0.4, -0.2) is 13.0 Å². The summed E-state index contributed by atoms with van der Waals surface area (Å²) in [5.74, 6) is -1.94. The molecule has 0 aliphatic heterocycles. The van der Waals surface area contributed by atoms with E-state index in [2.05, 4.69) is 21.2 Å². The Kier molecular flexibility index (Phi) is 6.10. The number of anilines is 1. The number of carbonyl (C=O) groups excluding carboxylic acids is 1. The number of benzene rings is 3. The van der Waals surface area contributed by atoms with Gasteiger partial charge in [0.1, 0.15) is 11.3 Å². The van der Waals surface area contributed by atoms with Crippen molar-refractivity contribution < 1.29 is 22.7 Å². The number of furan rings is 1. The Bertz CT molecular complexity index is 1360. The van der Waals surface area contributed by atoms with E-state index < -0.39 is 17.5 Å². The molecule has 32 heavy (non-hydrogen) atoms. The Morgan fingerprint density at radius 1 is 1.09 bits per heavy atom. The van der Waals surface area contributed by atoms with E-state index >= 15 is 0 Å². The number of nitrogens with one attached hydrogen (secondary N) is 1. The van der Waals surface area contributed by atoms with Gasteiger partial charge in [0.2, 0.25) is 5.91 Å². The molecule has 0 fully saturated rings. The van der Waals surface area contributed by atoms with Crippen molar-refractivity contribution in [3.8, 4) is 16.9 Å². The summed E-state index contributed by atoms with van der Waals surface area (Å²) in [6.45, 7) is 1.77. The summed E-state index contributed by atoms with van der Waals surface area (Å²) in [4.78, 5) is 12.5. The Balaban J connectivity index is 1.70. The normalized spacial score (nSPS) is 11.6. The van der Waals surface area contributed by atoms with E-state index in [1.165, 1.54) is 19.3 Å². The van der Waals surface area contributed by atoms with Crippen LogP contribution >= 0.6 is 15.9 Å². The summed E-state index contributed by atoms with van der Waals surface area (Å²) in [6, 6.07) is 14.7. The molecule has 0 spiro atoms. The number of halogens is 3. The van der Waals surface area contributed by atoms with Gasteiger partial charge in [0, 0.05) is 44.9 Å². The van der Waals surface area contributed by atoms with Gasteiger partial charge in [-0.25, -0.2) is 8.78 Å². The number of allylic oxidation sites excluding steroid dienone is 1. The molecule has 1 aromatic heterocycles. The summed E-state index contributed by atoms with van der Waals surface area (Å²) in [7, 11) is 1.54. The molecule has 0 saturated carbocycles. The van der Waals surface area contributed by atoms with Gasteiger partial charge >= 0.3 is 0 Å². The summed E-state index contributed by atoms with van der Waals surface area (Å²) in [5.41, 5.74) is 4.03. The second-order valence-corrected chi connectivity index (χ2v) is 8.07. The first-order chi connectivity index (χ1) is 15.4. The molecule has 0 aliphatic rings. The van der Waals surface area contributed by atoms with Crippen molar-refractivity contribution in [3.63, 3.8) is 0 Å². The highest BCUT2D eigenvalue weighted by Gasteiger charge is 2.15. The Morgan fingerprint density at radius 3 is 2.62 bits per heavy atom. The maximum Gasteiger partial charge on any atom is 0.248 e. The molecule has 0 bridgehead atoms. The van der Waals surface area contributed by atoms with E-state index in [9.17, 15) is 13.6 Å². The molecule has 4 rings (SSSR count). The quantitative estimate of drug-likeness (QED) is 0.297. The Hall–Kier alpha value is -3.45. The number of ether oxygens (including phenoxy) is 1. The molecule has 1 heterocycles. The maximum atomic E-state index is 13.4. The van der Waals surface area contributed by atoms with E-state index in [0.717, 1.165) is 33.1 Å². The van der Waals surface area contributed by atoms with Crippen molar-refractivity contribution in [2.75, 3.05) is 12.4 Å². The molecule has 4 nitrogen and oxygen atoms in total. The highest BCUT2D eigenvalue weighted by atomic mass is 79.9. The van der Waals surface area contributed by atoms with Gasteiger partial charge in [0.05, 0.1) is 13.4 Å². The smallest absolute Gasteiger partial charge is 0.248 e. The number of amides is 1. The third kappa shape index (κ3) is 4.43. The fourth-order valence-electron chi connectivity index (χ4n) is 3.44. The van der Waals surface area contributed by atoms with Crippen LogP contribution in [0.25, 0.3) is 27.7 Å². The third-order valence-corrected chi connectivity index (χ3v) is 5.48. The molecular weight excluding hydrogens is 480 g/mol. The Morgan fingerprint density at radius 2 is 1.91 bits per heavy atom. The molecule has 1 N–H and O–H groups in total. The van der Waals surface area contributed by atoms with Gasteiger partial charge in [-0.05, 0) is 48.4 Å². The predicted octanol–water partition coefficient (Wildman–Crippen LogP) is 7.19. The van der Waals surface area contributed by atoms with E-state index in [0.29, 0.717) is 22.5 Å². The molecule has 0 radical (unpaired) electrons. The van der Waals surface area contributed by atoms with Gasteiger partial charge in [0.25, 0.3) is 0 Å². The second kappa shape index (κ2) is 8.96. The molecule has 0 saturated heterocycles. The fourth-order valence-corrected chi connectivity index (χ4v) is 3.84. The zero-order valence-corrected chi connectivity index (χ0v) is 18.8. The largest absolute Gasteiger partial charge is 0.496 e. The zero-order chi connectivity index (χ0) is 22.8. The van der Waals surface area contributed by atoms with Crippen molar-refractivity contribution in [2.45, 2.75) is 6.92 Å². The molecule has 0 atom stereocenters. The van der Waals surface area contributed by atoms with E-state index in [1.807, 2.05) is 30.3 Å². The molecule has 0 aliphatic carbocycles. The number of carbonyl (C=O) groups is 1. The number of rotatable bonds is 5. The number of hydrogen-bond acceptors (Lipinski definition) is 3. The van der Waals surface area contributed by atoms with Crippen LogP contribution in [0.4, 0.5) is 14.5 Å². The minimum absolute atomic E-state index is 0.159. The first-order valence-electron chi connectivity index (χ1n) is 9.65. The SMILES string of the molecule is COc1cc2occ(-c3cccc(Br)c3)c2cc1/C(C)=C/C(=O)Nc1ccc(F)c(F)c1. The topological polar surface area (TPSA) is 51.5 Å². The summed E-state index contributed by atoms with van der Waals surface area (Å²) in [5, 5.41) is 3.41. The minimum atomic E-state index is -1.03. The van der Waals surface area contributed by atoms with Crippen molar-refractivity contribution in [1.82, 2.24) is 0 Å². The van der Waals surface area contributed by atoms with Crippen molar-refractivity contribution >= 4 is 44.1 Å². The molecular formula is C25H18BrF2NO3. The average molecular weight is 498 g/mol.